The monoisotopic (exact) mass is 569 g/mol. The van der Waals surface area contributed by atoms with Crippen molar-refractivity contribution < 1.29 is 33.8 Å². The normalized spacial score (nSPS) is 25.7. The largest absolute Gasteiger partial charge is 0.497 e. The number of hydrogen-bond donors (Lipinski definition) is 4. The quantitative estimate of drug-likeness (QED) is 0.210. The summed E-state index contributed by atoms with van der Waals surface area (Å²) in [6.07, 6.45) is 6.85. The van der Waals surface area contributed by atoms with Gasteiger partial charge in [0.1, 0.15) is 23.9 Å². The minimum atomic E-state index is -0.983. The number of ether oxygens (including phenoxy) is 2. The van der Waals surface area contributed by atoms with E-state index in [-0.39, 0.29) is 18.1 Å². The van der Waals surface area contributed by atoms with Gasteiger partial charge in [-0.25, -0.2) is 0 Å². The molecule has 3 aliphatic rings. The van der Waals surface area contributed by atoms with Crippen molar-refractivity contribution in [2.24, 2.45) is 5.41 Å². The Labute approximate surface area is 241 Å². The van der Waals surface area contributed by atoms with Gasteiger partial charge in [-0.15, -0.1) is 0 Å². The van der Waals surface area contributed by atoms with Crippen molar-refractivity contribution in [3.63, 3.8) is 0 Å². The van der Waals surface area contributed by atoms with Gasteiger partial charge in [0, 0.05) is 11.8 Å². The first-order valence-corrected chi connectivity index (χ1v) is 14.6. The number of aliphatic hydroxyl groups excluding tert-OH is 1. The maximum atomic E-state index is 13.6. The van der Waals surface area contributed by atoms with Crippen LogP contribution in [0.25, 0.3) is 0 Å². The van der Waals surface area contributed by atoms with Crippen LogP contribution < -0.4 is 20.7 Å². The van der Waals surface area contributed by atoms with E-state index in [4.69, 9.17) is 9.47 Å². The minimum Gasteiger partial charge on any atom is -0.497 e. The minimum absolute atomic E-state index is 0.160. The maximum Gasteiger partial charge on any atom is 0.243 e. The van der Waals surface area contributed by atoms with Crippen molar-refractivity contribution >= 4 is 23.5 Å². The van der Waals surface area contributed by atoms with E-state index < -0.39 is 47.6 Å². The maximum absolute atomic E-state index is 13.6. The summed E-state index contributed by atoms with van der Waals surface area (Å²) in [5.74, 6) is -0.717. The first-order valence-electron chi connectivity index (χ1n) is 14.6. The number of aliphatic hydroxyl groups is 1. The van der Waals surface area contributed by atoms with Crippen LogP contribution in [-0.4, -0.2) is 72.7 Å². The lowest BCUT2D eigenvalue weighted by atomic mass is 9.74. The topological polar surface area (TPSA) is 146 Å². The fraction of sp³-hybridized carbons (Fsp3) is 0.613. The molecule has 1 aromatic rings. The highest BCUT2D eigenvalue weighted by Crippen LogP contribution is 2.36. The molecule has 10 heteroatoms. The summed E-state index contributed by atoms with van der Waals surface area (Å²) >= 11 is 0. The van der Waals surface area contributed by atoms with E-state index in [1.165, 1.54) is 0 Å². The molecule has 4 rings (SSSR count). The van der Waals surface area contributed by atoms with Gasteiger partial charge >= 0.3 is 0 Å². The van der Waals surface area contributed by atoms with Crippen LogP contribution in [0.1, 0.15) is 70.8 Å². The van der Waals surface area contributed by atoms with Crippen molar-refractivity contribution in [2.45, 2.75) is 102 Å². The molecule has 1 saturated carbocycles. The van der Waals surface area contributed by atoms with E-state index in [0.29, 0.717) is 44.5 Å². The van der Waals surface area contributed by atoms with E-state index in [1.54, 1.807) is 26.2 Å². The molecule has 0 unspecified atom stereocenters. The first kappa shape index (κ1) is 30.7. The molecule has 224 valence electrons. The number of ketones is 1. The van der Waals surface area contributed by atoms with Crippen LogP contribution in [0, 0.1) is 5.41 Å². The van der Waals surface area contributed by atoms with Crippen molar-refractivity contribution in [3.8, 4) is 5.75 Å². The molecule has 1 heterocycles. The number of allylic oxidation sites excluding steroid dienone is 1. The van der Waals surface area contributed by atoms with Crippen molar-refractivity contribution in [1.29, 1.82) is 0 Å². The van der Waals surface area contributed by atoms with Gasteiger partial charge in [-0.1, -0.05) is 30.7 Å². The van der Waals surface area contributed by atoms with Crippen LogP contribution in [0.5, 0.6) is 5.75 Å². The fourth-order valence-corrected chi connectivity index (χ4v) is 5.52. The second kappa shape index (κ2) is 13.6. The Morgan fingerprint density at radius 1 is 1.02 bits per heavy atom. The molecule has 2 fully saturated rings. The van der Waals surface area contributed by atoms with Crippen LogP contribution in [0.3, 0.4) is 0 Å². The van der Waals surface area contributed by atoms with Crippen LogP contribution in [-0.2, 0) is 30.3 Å². The molecular weight excluding hydrogens is 526 g/mol. The van der Waals surface area contributed by atoms with E-state index in [0.717, 1.165) is 30.4 Å². The third kappa shape index (κ3) is 8.39. The van der Waals surface area contributed by atoms with Gasteiger partial charge < -0.3 is 30.5 Å². The molecular formula is C31H43N3O7. The Balaban J connectivity index is 1.45. The number of Topliss-reactive ketones (excluding diaryl/α,β-unsaturated/α-hetero) is 1. The number of amides is 3. The van der Waals surface area contributed by atoms with E-state index >= 15 is 0 Å². The van der Waals surface area contributed by atoms with Gasteiger partial charge in [-0.05, 0) is 76.0 Å². The number of hydrogen-bond acceptors (Lipinski definition) is 7. The molecule has 4 N–H and O–H groups in total. The zero-order valence-corrected chi connectivity index (χ0v) is 24.2. The molecule has 3 amide bonds. The van der Waals surface area contributed by atoms with Crippen molar-refractivity contribution in [1.82, 2.24) is 16.0 Å². The van der Waals surface area contributed by atoms with Crippen molar-refractivity contribution in [2.75, 3.05) is 13.7 Å². The zero-order chi connectivity index (χ0) is 29.6. The molecule has 0 spiro atoms. The highest BCUT2D eigenvalue weighted by molar-refractivity contribution is 5.97. The molecule has 0 radical (unpaired) electrons. The highest BCUT2D eigenvalue weighted by Gasteiger charge is 2.40. The standard InChI is InChI=1S/C31H43N3O7/c1-19(32-30(39)31(2)14-12-22(35)13-15-31)28(37)34-25(17-21-8-10-23(40-3)11-9-21)29(38)33-24(27(36)26-18-41-26)16-20-6-4-5-7-20/h6,8-11,19,22,24-26,35H,4-5,7,12-18H2,1-3H3,(H,32,39)(H,33,38)(H,34,37)/t19-,22-,24+,25+,26-,31-/m1/s1. The number of epoxide rings is 1. The number of carbonyl (C=O) groups excluding carboxylic acids is 4. The smallest absolute Gasteiger partial charge is 0.243 e. The Morgan fingerprint density at radius 3 is 2.27 bits per heavy atom. The molecule has 1 saturated heterocycles. The highest BCUT2D eigenvalue weighted by atomic mass is 16.6. The number of rotatable bonds is 13. The predicted molar refractivity (Wildman–Crippen MR) is 152 cm³/mol. The summed E-state index contributed by atoms with van der Waals surface area (Å²) in [5, 5.41) is 18.3. The van der Waals surface area contributed by atoms with Gasteiger partial charge in [0.2, 0.25) is 17.7 Å². The molecule has 2 aliphatic carbocycles. The summed E-state index contributed by atoms with van der Waals surface area (Å²) in [7, 11) is 1.57. The molecule has 41 heavy (non-hydrogen) atoms. The SMILES string of the molecule is COc1ccc(C[C@H](NC(=O)[C@@H](C)NC(=O)[C@]2(C)CC[C@@H](O)CC2)C(=O)N[C@@H](CC2=CCCC2)C(=O)[C@H]2CO2)cc1. The lowest BCUT2D eigenvalue weighted by molar-refractivity contribution is -0.137. The molecule has 4 atom stereocenters. The second-order valence-electron chi connectivity index (χ2n) is 11.8. The van der Waals surface area contributed by atoms with E-state index in [2.05, 4.69) is 22.0 Å². The Morgan fingerprint density at radius 2 is 1.68 bits per heavy atom. The summed E-state index contributed by atoms with van der Waals surface area (Å²) in [6.45, 7) is 3.78. The third-order valence-corrected chi connectivity index (χ3v) is 8.49. The fourth-order valence-electron chi connectivity index (χ4n) is 5.52. The number of nitrogens with one attached hydrogen (secondary N) is 3. The molecule has 0 aromatic heterocycles. The lowest BCUT2D eigenvalue weighted by Crippen LogP contribution is -2.57. The Hall–Kier alpha value is -3.24. The molecule has 10 nitrogen and oxygen atoms in total. The summed E-state index contributed by atoms with van der Waals surface area (Å²) in [4.78, 5) is 53.0. The van der Waals surface area contributed by atoms with Gasteiger partial charge in [0.25, 0.3) is 0 Å². The number of carbonyl (C=O) groups is 4. The summed E-state index contributed by atoms with van der Waals surface area (Å²) in [6, 6.07) is 4.58. The van der Waals surface area contributed by atoms with Crippen LogP contribution in [0.2, 0.25) is 0 Å². The number of methoxy groups -OCH3 is 1. The van der Waals surface area contributed by atoms with Gasteiger partial charge in [0.05, 0.1) is 25.9 Å². The second-order valence-corrected chi connectivity index (χ2v) is 11.8. The molecule has 0 bridgehead atoms. The first-order chi connectivity index (χ1) is 19.6. The molecule has 1 aromatic carbocycles. The predicted octanol–water partition coefficient (Wildman–Crippen LogP) is 2.12. The summed E-state index contributed by atoms with van der Waals surface area (Å²) < 4.78 is 10.4. The average Bonchev–Trinajstić information content (AvgIpc) is 3.69. The lowest BCUT2D eigenvalue weighted by Gasteiger charge is -2.35. The van der Waals surface area contributed by atoms with Gasteiger partial charge in [0.15, 0.2) is 5.78 Å². The van der Waals surface area contributed by atoms with Gasteiger partial charge in [-0.3, -0.25) is 19.2 Å². The van der Waals surface area contributed by atoms with E-state index in [1.807, 2.05) is 19.1 Å². The number of benzene rings is 1. The Kier molecular flexibility index (Phi) is 10.2. The Bertz CT molecular complexity index is 1140. The summed E-state index contributed by atoms with van der Waals surface area (Å²) in [5.41, 5.74) is 1.27. The third-order valence-electron chi connectivity index (χ3n) is 8.49. The zero-order valence-electron chi connectivity index (χ0n) is 24.2. The van der Waals surface area contributed by atoms with E-state index in [9.17, 15) is 24.3 Å². The molecule has 1 aliphatic heterocycles. The van der Waals surface area contributed by atoms with Crippen molar-refractivity contribution in [3.05, 3.63) is 41.5 Å². The van der Waals surface area contributed by atoms with Gasteiger partial charge in [-0.2, -0.15) is 0 Å². The van der Waals surface area contributed by atoms with Crippen LogP contribution in [0.4, 0.5) is 0 Å². The van der Waals surface area contributed by atoms with Crippen LogP contribution in [0.15, 0.2) is 35.9 Å². The van der Waals surface area contributed by atoms with Crippen LogP contribution >= 0.6 is 0 Å². The average molecular weight is 570 g/mol.